The molecule has 1 heterocycles. The number of para-hydroxylation sites is 1. The van der Waals surface area contributed by atoms with Gasteiger partial charge in [-0.3, -0.25) is 4.79 Å². The highest BCUT2D eigenvalue weighted by Crippen LogP contribution is 2.16. The SMILES string of the molecule is C=CCNC(=O)CN(Cc1ccco1)c1ccccc1. The number of rotatable bonds is 7. The summed E-state index contributed by atoms with van der Waals surface area (Å²) in [5.74, 6) is 0.783. The molecule has 1 N–H and O–H groups in total. The van der Waals surface area contributed by atoms with Gasteiger partial charge in [-0.25, -0.2) is 0 Å². The third-order valence-corrected chi connectivity index (χ3v) is 2.83. The number of furan rings is 1. The van der Waals surface area contributed by atoms with Crippen molar-refractivity contribution >= 4 is 11.6 Å². The minimum absolute atomic E-state index is 0.0414. The van der Waals surface area contributed by atoms with E-state index in [2.05, 4.69) is 11.9 Å². The van der Waals surface area contributed by atoms with Gasteiger partial charge in [-0.05, 0) is 24.3 Å². The Kier molecular flexibility index (Phi) is 5.00. The topological polar surface area (TPSA) is 45.5 Å². The first kappa shape index (κ1) is 13.9. The van der Waals surface area contributed by atoms with Crippen LogP contribution in [0.25, 0.3) is 0 Å². The van der Waals surface area contributed by atoms with Gasteiger partial charge in [0.1, 0.15) is 5.76 Å². The molecule has 0 radical (unpaired) electrons. The van der Waals surface area contributed by atoms with Gasteiger partial charge in [0.05, 0.1) is 19.4 Å². The highest BCUT2D eigenvalue weighted by atomic mass is 16.3. The lowest BCUT2D eigenvalue weighted by Crippen LogP contribution is -2.37. The second-order valence-corrected chi connectivity index (χ2v) is 4.36. The monoisotopic (exact) mass is 270 g/mol. The van der Waals surface area contributed by atoms with Crippen LogP contribution >= 0.6 is 0 Å². The first-order chi connectivity index (χ1) is 9.79. The first-order valence-electron chi connectivity index (χ1n) is 6.49. The van der Waals surface area contributed by atoms with Gasteiger partial charge < -0.3 is 14.6 Å². The molecule has 2 rings (SSSR count). The Morgan fingerprint density at radius 3 is 2.70 bits per heavy atom. The lowest BCUT2D eigenvalue weighted by Gasteiger charge is -2.23. The summed E-state index contributed by atoms with van der Waals surface area (Å²) in [5, 5.41) is 2.78. The predicted molar refractivity (Wildman–Crippen MR) is 79.4 cm³/mol. The lowest BCUT2D eigenvalue weighted by molar-refractivity contribution is -0.119. The average Bonchev–Trinajstić information content (AvgIpc) is 2.98. The van der Waals surface area contributed by atoms with Crippen LogP contribution in [-0.2, 0) is 11.3 Å². The molecule has 0 saturated carbocycles. The minimum Gasteiger partial charge on any atom is -0.467 e. The molecule has 4 nitrogen and oxygen atoms in total. The highest BCUT2D eigenvalue weighted by molar-refractivity contribution is 5.81. The van der Waals surface area contributed by atoms with Gasteiger partial charge in [0, 0.05) is 12.2 Å². The average molecular weight is 270 g/mol. The van der Waals surface area contributed by atoms with Gasteiger partial charge in [-0.2, -0.15) is 0 Å². The van der Waals surface area contributed by atoms with Crippen LogP contribution in [0.2, 0.25) is 0 Å². The molecule has 0 aliphatic heterocycles. The standard InChI is InChI=1S/C16H18N2O2/c1-2-10-17-16(19)13-18(12-15-9-6-11-20-15)14-7-4-3-5-8-14/h2-9,11H,1,10,12-13H2,(H,17,19). The summed E-state index contributed by atoms with van der Waals surface area (Å²) in [6, 6.07) is 13.5. The second kappa shape index (κ2) is 7.19. The maximum absolute atomic E-state index is 11.9. The van der Waals surface area contributed by atoms with E-state index in [0.29, 0.717) is 13.1 Å². The van der Waals surface area contributed by atoms with E-state index in [-0.39, 0.29) is 12.5 Å². The maximum Gasteiger partial charge on any atom is 0.239 e. The molecule has 2 aromatic rings. The van der Waals surface area contributed by atoms with Crippen molar-refractivity contribution in [1.82, 2.24) is 5.32 Å². The Hall–Kier alpha value is -2.49. The summed E-state index contributed by atoms with van der Waals surface area (Å²) >= 11 is 0. The van der Waals surface area contributed by atoms with E-state index in [0.717, 1.165) is 11.4 Å². The summed E-state index contributed by atoms with van der Waals surface area (Å²) in [6.07, 6.45) is 3.30. The molecule has 0 bridgehead atoms. The van der Waals surface area contributed by atoms with Crippen molar-refractivity contribution < 1.29 is 9.21 Å². The third-order valence-electron chi connectivity index (χ3n) is 2.83. The number of carbonyl (C=O) groups is 1. The fraction of sp³-hybridized carbons (Fsp3) is 0.188. The number of hydrogen-bond donors (Lipinski definition) is 1. The molecule has 0 saturated heterocycles. The zero-order valence-corrected chi connectivity index (χ0v) is 11.3. The summed E-state index contributed by atoms with van der Waals surface area (Å²) in [6.45, 7) is 4.89. The molecular weight excluding hydrogens is 252 g/mol. The Morgan fingerprint density at radius 1 is 1.25 bits per heavy atom. The van der Waals surface area contributed by atoms with Crippen LogP contribution in [0.15, 0.2) is 65.8 Å². The van der Waals surface area contributed by atoms with Crippen molar-refractivity contribution in [3.63, 3.8) is 0 Å². The smallest absolute Gasteiger partial charge is 0.239 e. The van der Waals surface area contributed by atoms with Crippen LogP contribution in [0, 0.1) is 0 Å². The number of carbonyl (C=O) groups excluding carboxylic acids is 1. The van der Waals surface area contributed by atoms with Crippen molar-refractivity contribution in [2.45, 2.75) is 6.54 Å². The van der Waals surface area contributed by atoms with Crippen molar-refractivity contribution in [3.05, 3.63) is 67.1 Å². The zero-order chi connectivity index (χ0) is 14.2. The summed E-state index contributed by atoms with van der Waals surface area (Å²) < 4.78 is 5.36. The molecular formula is C16H18N2O2. The van der Waals surface area contributed by atoms with Crippen molar-refractivity contribution in [2.24, 2.45) is 0 Å². The molecule has 104 valence electrons. The predicted octanol–water partition coefficient (Wildman–Crippen LogP) is 2.59. The van der Waals surface area contributed by atoms with Gasteiger partial charge in [0.2, 0.25) is 5.91 Å². The van der Waals surface area contributed by atoms with E-state index in [4.69, 9.17) is 4.42 Å². The van der Waals surface area contributed by atoms with Gasteiger partial charge in [0.25, 0.3) is 0 Å². The quantitative estimate of drug-likeness (QED) is 0.787. The fourth-order valence-electron chi connectivity index (χ4n) is 1.88. The van der Waals surface area contributed by atoms with Crippen LogP contribution in [-0.4, -0.2) is 19.0 Å². The molecule has 4 heteroatoms. The van der Waals surface area contributed by atoms with Crippen molar-refractivity contribution in [2.75, 3.05) is 18.0 Å². The number of nitrogens with one attached hydrogen (secondary N) is 1. The molecule has 0 unspecified atom stereocenters. The Balaban J connectivity index is 2.08. The minimum atomic E-state index is -0.0414. The van der Waals surface area contributed by atoms with E-state index in [1.165, 1.54) is 0 Å². The van der Waals surface area contributed by atoms with E-state index in [1.54, 1.807) is 12.3 Å². The number of amides is 1. The van der Waals surface area contributed by atoms with Crippen molar-refractivity contribution in [1.29, 1.82) is 0 Å². The Labute approximate surface area is 118 Å². The Bertz CT molecular complexity index is 535. The van der Waals surface area contributed by atoms with Crippen LogP contribution in [0.4, 0.5) is 5.69 Å². The zero-order valence-electron chi connectivity index (χ0n) is 11.3. The molecule has 0 aliphatic rings. The van der Waals surface area contributed by atoms with Gasteiger partial charge in [-0.1, -0.05) is 24.3 Å². The Morgan fingerprint density at radius 2 is 2.05 bits per heavy atom. The van der Waals surface area contributed by atoms with E-state index < -0.39 is 0 Å². The van der Waals surface area contributed by atoms with E-state index >= 15 is 0 Å². The molecule has 0 spiro atoms. The van der Waals surface area contributed by atoms with Crippen LogP contribution in [0.5, 0.6) is 0 Å². The molecule has 1 aromatic heterocycles. The lowest BCUT2D eigenvalue weighted by atomic mass is 10.2. The van der Waals surface area contributed by atoms with Crippen LogP contribution in [0.3, 0.4) is 0 Å². The van der Waals surface area contributed by atoms with Crippen LogP contribution < -0.4 is 10.2 Å². The molecule has 1 aromatic carbocycles. The molecule has 0 fully saturated rings. The van der Waals surface area contributed by atoms with Gasteiger partial charge in [-0.15, -0.1) is 6.58 Å². The van der Waals surface area contributed by atoms with Gasteiger partial charge >= 0.3 is 0 Å². The second-order valence-electron chi connectivity index (χ2n) is 4.36. The molecule has 0 aliphatic carbocycles. The van der Waals surface area contributed by atoms with Crippen molar-refractivity contribution in [3.8, 4) is 0 Å². The number of nitrogens with zero attached hydrogens (tertiary/aromatic N) is 1. The summed E-state index contributed by atoms with van der Waals surface area (Å²) in [7, 11) is 0. The number of benzene rings is 1. The molecule has 20 heavy (non-hydrogen) atoms. The largest absolute Gasteiger partial charge is 0.467 e. The first-order valence-corrected chi connectivity index (χ1v) is 6.49. The highest BCUT2D eigenvalue weighted by Gasteiger charge is 2.12. The molecule has 0 atom stereocenters. The van der Waals surface area contributed by atoms with E-state index in [9.17, 15) is 4.79 Å². The fourth-order valence-corrected chi connectivity index (χ4v) is 1.88. The number of anilines is 1. The summed E-state index contributed by atoms with van der Waals surface area (Å²) in [4.78, 5) is 13.9. The third kappa shape index (κ3) is 4.02. The maximum atomic E-state index is 11.9. The summed E-state index contributed by atoms with van der Waals surface area (Å²) in [5.41, 5.74) is 0.984. The normalized spacial score (nSPS) is 10.0. The molecule has 1 amide bonds. The number of hydrogen-bond acceptors (Lipinski definition) is 3. The van der Waals surface area contributed by atoms with E-state index in [1.807, 2.05) is 47.4 Å². The van der Waals surface area contributed by atoms with Gasteiger partial charge in [0.15, 0.2) is 0 Å². The van der Waals surface area contributed by atoms with Crippen LogP contribution in [0.1, 0.15) is 5.76 Å².